The second-order valence-electron chi connectivity index (χ2n) is 5.85. The maximum Gasteiger partial charge on any atom is 0.0995 e. The van der Waals surface area contributed by atoms with E-state index in [4.69, 9.17) is 15.3 Å². The Kier molecular flexibility index (Phi) is 9.47. The van der Waals surface area contributed by atoms with Crippen LogP contribution in [0.4, 0.5) is 0 Å². The molecule has 1 heterocycles. The van der Waals surface area contributed by atoms with Crippen molar-refractivity contribution in [2.45, 2.75) is 11.9 Å². The Labute approximate surface area is 185 Å². The second-order valence-corrected chi connectivity index (χ2v) is 8.24. The Morgan fingerprint density at radius 3 is 1.93 bits per heavy atom. The molecule has 1 fully saturated rings. The number of morpholine rings is 1. The molecule has 27 heavy (non-hydrogen) atoms. The number of hydrogen-bond donors (Lipinski definition) is 0. The molecule has 2 aromatic carbocycles. The van der Waals surface area contributed by atoms with E-state index in [1.807, 2.05) is 36.4 Å². The minimum Gasteiger partial charge on any atom is -0.379 e. The monoisotopic (exact) mass is 553 g/mol. The van der Waals surface area contributed by atoms with Gasteiger partial charge in [-0.05, 0) is 35.4 Å². The second kappa shape index (κ2) is 11.6. The van der Waals surface area contributed by atoms with Gasteiger partial charge in [0.15, 0.2) is 0 Å². The largest absolute Gasteiger partial charge is 0.379 e. The third kappa shape index (κ3) is 7.03. The van der Waals surface area contributed by atoms with Crippen LogP contribution in [0, 0.1) is 22.7 Å². The summed E-state index contributed by atoms with van der Waals surface area (Å²) in [6.45, 7) is 4.30. The molecule has 7 heteroatoms. The summed E-state index contributed by atoms with van der Waals surface area (Å²) in [4.78, 5) is 2.31. The summed E-state index contributed by atoms with van der Waals surface area (Å²) in [5.41, 5.74) is 3.58. The maximum absolute atomic E-state index is 9.06. The van der Waals surface area contributed by atoms with Crippen molar-refractivity contribution < 1.29 is 4.74 Å². The molecule has 0 aliphatic carbocycles. The lowest BCUT2D eigenvalue weighted by Gasteiger charge is -2.26. The number of rotatable bonds is 3. The van der Waals surface area contributed by atoms with Gasteiger partial charge in [-0.1, -0.05) is 59.9 Å². The molecule has 0 saturated carbocycles. The van der Waals surface area contributed by atoms with Gasteiger partial charge in [0.05, 0.1) is 36.5 Å². The highest BCUT2D eigenvalue weighted by Crippen LogP contribution is 2.18. The van der Waals surface area contributed by atoms with Crippen LogP contribution >= 0.6 is 47.8 Å². The molecular weight excluding hydrogens is 538 g/mol. The van der Waals surface area contributed by atoms with Crippen LogP contribution in [-0.2, 0) is 16.6 Å². The summed E-state index contributed by atoms with van der Waals surface area (Å²) in [6.07, 6.45) is 0. The molecule has 1 saturated heterocycles. The van der Waals surface area contributed by atoms with Gasteiger partial charge in [-0.25, -0.2) is 0 Å². The average Bonchev–Trinajstić information content (AvgIpc) is 2.70. The minimum atomic E-state index is 0.719. The van der Waals surface area contributed by atoms with Gasteiger partial charge in [-0.3, -0.25) is 4.90 Å². The SMILES string of the molecule is N#Cc1cc(Br)ccc1CBr.N#Cc1cc(Br)ccc1CN1CCOCC1. The molecule has 0 amide bonds. The first kappa shape index (κ1) is 22.1. The molecule has 0 spiro atoms. The minimum absolute atomic E-state index is 0.719. The first-order valence-electron chi connectivity index (χ1n) is 8.30. The quantitative estimate of drug-likeness (QED) is 0.478. The third-order valence-corrected chi connectivity index (χ3v) is 5.62. The van der Waals surface area contributed by atoms with E-state index in [1.54, 1.807) is 0 Å². The van der Waals surface area contributed by atoms with Crippen molar-refractivity contribution in [1.29, 1.82) is 10.5 Å². The zero-order chi connectivity index (χ0) is 19.6. The zero-order valence-electron chi connectivity index (χ0n) is 14.6. The fourth-order valence-electron chi connectivity index (χ4n) is 2.56. The summed E-state index contributed by atoms with van der Waals surface area (Å²) in [6, 6.07) is 15.9. The van der Waals surface area contributed by atoms with Gasteiger partial charge < -0.3 is 4.74 Å². The Morgan fingerprint density at radius 1 is 0.889 bits per heavy atom. The lowest BCUT2D eigenvalue weighted by atomic mass is 10.1. The van der Waals surface area contributed by atoms with E-state index in [9.17, 15) is 0 Å². The van der Waals surface area contributed by atoms with Crippen molar-refractivity contribution in [3.63, 3.8) is 0 Å². The topological polar surface area (TPSA) is 60.0 Å². The number of nitrogens with zero attached hydrogens (tertiary/aromatic N) is 3. The van der Waals surface area contributed by atoms with Crippen LogP contribution in [0.3, 0.4) is 0 Å². The average molecular weight is 556 g/mol. The van der Waals surface area contributed by atoms with Crippen LogP contribution < -0.4 is 0 Å². The van der Waals surface area contributed by atoms with E-state index in [0.717, 1.165) is 69.4 Å². The lowest BCUT2D eigenvalue weighted by Crippen LogP contribution is -2.35. The van der Waals surface area contributed by atoms with Crippen LogP contribution in [-0.4, -0.2) is 31.2 Å². The van der Waals surface area contributed by atoms with Gasteiger partial charge in [0.25, 0.3) is 0 Å². The molecule has 0 bridgehead atoms. The Balaban J connectivity index is 0.000000208. The number of hydrogen-bond acceptors (Lipinski definition) is 4. The Morgan fingerprint density at radius 2 is 1.41 bits per heavy atom. The van der Waals surface area contributed by atoms with E-state index < -0.39 is 0 Å². The van der Waals surface area contributed by atoms with Crippen molar-refractivity contribution in [1.82, 2.24) is 4.90 Å². The summed E-state index contributed by atoms with van der Waals surface area (Å²) in [5, 5.41) is 18.5. The molecule has 140 valence electrons. The zero-order valence-corrected chi connectivity index (χ0v) is 19.3. The Hall–Kier alpha value is -1.22. The van der Waals surface area contributed by atoms with E-state index in [2.05, 4.69) is 64.8 Å². The molecule has 0 unspecified atom stereocenters. The van der Waals surface area contributed by atoms with Crippen LogP contribution in [0.25, 0.3) is 0 Å². The van der Waals surface area contributed by atoms with Crippen molar-refractivity contribution in [2.75, 3.05) is 26.3 Å². The summed E-state index contributed by atoms with van der Waals surface area (Å²) >= 11 is 9.98. The van der Waals surface area contributed by atoms with Crippen LogP contribution in [0.1, 0.15) is 22.3 Å². The molecule has 3 rings (SSSR count). The highest BCUT2D eigenvalue weighted by Gasteiger charge is 2.12. The molecule has 2 aromatic rings. The highest BCUT2D eigenvalue weighted by atomic mass is 79.9. The van der Waals surface area contributed by atoms with E-state index in [0.29, 0.717) is 0 Å². The number of nitriles is 2. The molecule has 0 aromatic heterocycles. The summed E-state index contributed by atoms with van der Waals surface area (Å²) < 4.78 is 7.20. The smallest absolute Gasteiger partial charge is 0.0995 e. The van der Waals surface area contributed by atoms with Gasteiger partial charge in [0, 0.05) is 33.9 Å². The van der Waals surface area contributed by atoms with E-state index in [1.165, 1.54) is 0 Å². The standard InChI is InChI=1S/C12H13BrN2O.C8H5Br2N/c13-12-2-1-10(11(7-12)8-14)9-15-3-5-16-6-4-15;9-4-6-1-2-8(10)3-7(6)5-11/h1-2,7H,3-6,9H2;1-3H,4H2. The first-order valence-corrected chi connectivity index (χ1v) is 11.0. The van der Waals surface area contributed by atoms with Crippen molar-refractivity contribution >= 4 is 47.8 Å². The van der Waals surface area contributed by atoms with Crippen molar-refractivity contribution in [2.24, 2.45) is 0 Å². The lowest BCUT2D eigenvalue weighted by molar-refractivity contribution is 0.0341. The van der Waals surface area contributed by atoms with Gasteiger partial charge in [0.1, 0.15) is 0 Å². The molecule has 1 aliphatic rings. The molecule has 0 radical (unpaired) electrons. The Bertz CT molecular complexity index is 853. The number of benzene rings is 2. The molecule has 0 atom stereocenters. The third-order valence-electron chi connectivity index (χ3n) is 4.03. The predicted molar refractivity (Wildman–Crippen MR) is 116 cm³/mol. The van der Waals surface area contributed by atoms with Crippen LogP contribution in [0.2, 0.25) is 0 Å². The van der Waals surface area contributed by atoms with Crippen molar-refractivity contribution in [3.05, 3.63) is 67.6 Å². The van der Waals surface area contributed by atoms with Gasteiger partial charge in [-0.2, -0.15) is 10.5 Å². The van der Waals surface area contributed by atoms with Gasteiger partial charge in [0.2, 0.25) is 0 Å². The number of ether oxygens (including phenoxy) is 1. The number of alkyl halides is 1. The summed E-state index contributed by atoms with van der Waals surface area (Å²) in [5.74, 6) is 0. The van der Waals surface area contributed by atoms with Crippen LogP contribution in [0.15, 0.2) is 45.3 Å². The van der Waals surface area contributed by atoms with Gasteiger partial charge in [-0.15, -0.1) is 0 Å². The van der Waals surface area contributed by atoms with E-state index in [-0.39, 0.29) is 0 Å². The predicted octanol–water partition coefficient (Wildman–Crippen LogP) is 5.37. The van der Waals surface area contributed by atoms with E-state index >= 15 is 0 Å². The molecular formula is C20H18Br3N3O. The first-order chi connectivity index (χ1) is 13.1. The molecule has 1 aliphatic heterocycles. The maximum atomic E-state index is 9.06. The van der Waals surface area contributed by atoms with Crippen molar-refractivity contribution in [3.8, 4) is 12.1 Å². The molecule has 4 nitrogen and oxygen atoms in total. The summed E-state index contributed by atoms with van der Waals surface area (Å²) in [7, 11) is 0. The molecule has 0 N–H and O–H groups in total. The normalized spacial score (nSPS) is 13.8. The fraction of sp³-hybridized carbons (Fsp3) is 0.300. The van der Waals surface area contributed by atoms with Gasteiger partial charge >= 0.3 is 0 Å². The fourth-order valence-corrected chi connectivity index (χ4v) is 3.77. The van der Waals surface area contributed by atoms with Crippen LogP contribution in [0.5, 0.6) is 0 Å². The highest BCUT2D eigenvalue weighted by molar-refractivity contribution is 9.10. The number of halogens is 3.